The van der Waals surface area contributed by atoms with Crippen molar-refractivity contribution < 1.29 is 0 Å². The lowest BCUT2D eigenvalue weighted by Crippen LogP contribution is -2.33. The van der Waals surface area contributed by atoms with Crippen molar-refractivity contribution in [3.05, 3.63) is 35.0 Å². The van der Waals surface area contributed by atoms with Gasteiger partial charge in [0.1, 0.15) is 12.0 Å². The quantitative estimate of drug-likeness (QED) is 0.761. The molecule has 2 aliphatic heterocycles. The molecule has 18 heavy (non-hydrogen) atoms. The van der Waals surface area contributed by atoms with Gasteiger partial charge in [0.15, 0.2) is 0 Å². The van der Waals surface area contributed by atoms with Crippen molar-refractivity contribution >= 4 is 17.8 Å². The Labute approximate surface area is 114 Å². The van der Waals surface area contributed by atoms with Gasteiger partial charge in [-0.2, -0.15) is 0 Å². The van der Waals surface area contributed by atoms with E-state index in [9.17, 15) is 0 Å². The molecule has 3 nitrogen and oxygen atoms in total. The number of rotatable bonds is 2. The Hall–Kier alpha value is -1.22. The Kier molecular flexibility index (Phi) is 3.81. The molecule has 0 spiro atoms. The van der Waals surface area contributed by atoms with E-state index in [-0.39, 0.29) is 0 Å². The normalized spacial score (nSPS) is 19.6. The maximum absolute atomic E-state index is 6.26. The fourth-order valence-electron chi connectivity index (χ4n) is 2.15. The Morgan fingerprint density at radius 2 is 1.72 bits per heavy atom. The summed E-state index contributed by atoms with van der Waals surface area (Å²) in [6, 6.07) is 0.798. The molecule has 0 N–H and O–H groups in total. The minimum atomic E-state index is 0.399. The van der Waals surface area contributed by atoms with Crippen LogP contribution in [0, 0.1) is 6.20 Å². The van der Waals surface area contributed by atoms with Crippen molar-refractivity contribution in [1.82, 2.24) is 9.80 Å². The zero-order valence-electron chi connectivity index (χ0n) is 11.3. The van der Waals surface area contributed by atoms with Crippen molar-refractivity contribution in [1.29, 1.82) is 0 Å². The van der Waals surface area contributed by atoms with Crippen molar-refractivity contribution in [3.63, 3.8) is 0 Å². The minimum Gasteiger partial charge on any atom is -0.330 e. The lowest BCUT2D eigenvalue weighted by molar-refractivity contribution is 0.281. The number of aliphatic imine (C=N–C) groups is 1. The van der Waals surface area contributed by atoms with Gasteiger partial charge >= 0.3 is 0 Å². The molecule has 0 saturated heterocycles. The molecular weight excluding hydrogens is 246 g/mol. The topological polar surface area (TPSA) is 18.8 Å². The molecule has 0 saturated carbocycles. The zero-order valence-corrected chi connectivity index (χ0v) is 12.1. The molecular formula is C14H19ClN3. The molecule has 0 bridgehead atoms. The van der Waals surface area contributed by atoms with E-state index in [0.717, 1.165) is 17.8 Å². The van der Waals surface area contributed by atoms with Gasteiger partial charge in [0, 0.05) is 42.7 Å². The van der Waals surface area contributed by atoms with E-state index < -0.39 is 0 Å². The second-order valence-electron chi connectivity index (χ2n) is 5.04. The number of hydrogen-bond donors (Lipinski definition) is 0. The highest BCUT2D eigenvalue weighted by molar-refractivity contribution is 6.32. The number of nitrogens with zero attached hydrogens (tertiary/aromatic N) is 3. The van der Waals surface area contributed by atoms with Crippen molar-refractivity contribution in [2.24, 2.45) is 4.99 Å². The summed E-state index contributed by atoms with van der Waals surface area (Å²) in [4.78, 5) is 8.48. The van der Waals surface area contributed by atoms with Gasteiger partial charge in [-0.25, -0.2) is 0 Å². The first-order chi connectivity index (χ1) is 8.52. The molecule has 2 heterocycles. The molecule has 4 heteroatoms. The zero-order chi connectivity index (χ0) is 13.3. The monoisotopic (exact) mass is 264 g/mol. The Balaban J connectivity index is 2.45. The molecule has 0 atom stereocenters. The summed E-state index contributed by atoms with van der Waals surface area (Å²) >= 11 is 6.26. The van der Waals surface area contributed by atoms with Gasteiger partial charge in [0.05, 0.1) is 5.03 Å². The SMILES string of the molecule is CC(C)N1C=CN(C(C)C)C1=C1CC=N[C]=C1Cl. The van der Waals surface area contributed by atoms with Gasteiger partial charge in [0.2, 0.25) is 0 Å². The highest BCUT2D eigenvalue weighted by Crippen LogP contribution is 2.33. The molecule has 1 radical (unpaired) electrons. The molecule has 0 aromatic heterocycles. The second kappa shape index (κ2) is 5.19. The van der Waals surface area contributed by atoms with E-state index in [1.54, 1.807) is 0 Å². The maximum atomic E-state index is 6.26. The molecule has 0 aromatic carbocycles. The van der Waals surface area contributed by atoms with Crippen LogP contribution in [0.5, 0.6) is 0 Å². The van der Waals surface area contributed by atoms with Crippen LogP contribution >= 0.6 is 11.6 Å². The Bertz CT molecular complexity index is 424. The first kappa shape index (κ1) is 13.2. The third kappa shape index (κ3) is 2.32. The second-order valence-corrected chi connectivity index (χ2v) is 5.42. The average Bonchev–Trinajstić information content (AvgIpc) is 2.74. The summed E-state index contributed by atoms with van der Waals surface area (Å²) in [6.45, 7) is 8.69. The highest BCUT2D eigenvalue weighted by atomic mass is 35.5. The Morgan fingerprint density at radius 1 is 1.17 bits per heavy atom. The summed E-state index contributed by atoms with van der Waals surface area (Å²) < 4.78 is 0. The largest absolute Gasteiger partial charge is 0.330 e. The fraction of sp³-hybridized carbons (Fsp3) is 0.500. The molecule has 0 amide bonds. The van der Waals surface area contributed by atoms with Crippen LogP contribution in [-0.4, -0.2) is 28.1 Å². The standard InChI is InChI=1S/C14H19ClN3/c1-10(2)17-7-8-18(11(3)4)14(17)12-5-6-16-9-13(12)15/h6-8,10-11H,5H2,1-4H3. The van der Waals surface area contributed by atoms with Gasteiger partial charge in [-0.05, 0) is 27.7 Å². The van der Waals surface area contributed by atoms with Gasteiger partial charge < -0.3 is 9.80 Å². The minimum absolute atomic E-state index is 0.399. The third-order valence-corrected chi connectivity index (χ3v) is 3.39. The average molecular weight is 265 g/mol. The van der Waals surface area contributed by atoms with Gasteiger partial charge in [-0.15, -0.1) is 0 Å². The predicted octanol–water partition coefficient (Wildman–Crippen LogP) is 3.46. The molecule has 2 aliphatic rings. The van der Waals surface area contributed by atoms with E-state index in [2.05, 4.69) is 61.1 Å². The summed E-state index contributed by atoms with van der Waals surface area (Å²) in [5.74, 6) is 1.16. The van der Waals surface area contributed by atoms with Crippen molar-refractivity contribution in [3.8, 4) is 0 Å². The van der Waals surface area contributed by atoms with Gasteiger partial charge in [0.25, 0.3) is 0 Å². The van der Waals surface area contributed by atoms with E-state index in [0.29, 0.717) is 17.1 Å². The van der Waals surface area contributed by atoms with Crippen LogP contribution in [-0.2, 0) is 0 Å². The molecule has 2 rings (SSSR count). The van der Waals surface area contributed by atoms with Crippen LogP contribution in [0.15, 0.2) is 33.8 Å². The number of hydrogen-bond acceptors (Lipinski definition) is 3. The van der Waals surface area contributed by atoms with E-state index in [1.807, 2.05) is 6.21 Å². The first-order valence-electron chi connectivity index (χ1n) is 6.31. The molecule has 0 fully saturated rings. The summed E-state index contributed by atoms with van der Waals surface area (Å²) in [7, 11) is 0. The molecule has 97 valence electrons. The number of allylic oxidation sites excluding steroid dienone is 2. The smallest absolute Gasteiger partial charge is 0.118 e. The van der Waals surface area contributed by atoms with Gasteiger partial charge in [-0.1, -0.05) is 11.6 Å². The van der Waals surface area contributed by atoms with E-state index >= 15 is 0 Å². The van der Waals surface area contributed by atoms with Crippen LogP contribution in [0.2, 0.25) is 0 Å². The fourth-order valence-corrected chi connectivity index (χ4v) is 2.36. The molecule has 0 aliphatic carbocycles. The molecule has 0 aromatic rings. The summed E-state index contributed by atoms with van der Waals surface area (Å²) in [5, 5.41) is 0.618. The van der Waals surface area contributed by atoms with Crippen LogP contribution in [0.3, 0.4) is 0 Å². The molecule has 0 unspecified atom stereocenters. The van der Waals surface area contributed by atoms with Gasteiger partial charge in [-0.3, -0.25) is 4.99 Å². The summed E-state index contributed by atoms with van der Waals surface area (Å²) in [6.07, 6.45) is 9.68. The van der Waals surface area contributed by atoms with E-state index in [1.165, 1.54) is 0 Å². The number of halogens is 1. The predicted molar refractivity (Wildman–Crippen MR) is 75.8 cm³/mol. The van der Waals surface area contributed by atoms with Crippen LogP contribution in [0.25, 0.3) is 0 Å². The van der Waals surface area contributed by atoms with Crippen LogP contribution in [0.4, 0.5) is 0 Å². The highest BCUT2D eigenvalue weighted by Gasteiger charge is 2.28. The van der Waals surface area contributed by atoms with E-state index in [4.69, 9.17) is 11.6 Å². The van der Waals surface area contributed by atoms with Crippen LogP contribution in [0.1, 0.15) is 34.1 Å². The Morgan fingerprint density at radius 3 is 2.17 bits per heavy atom. The third-order valence-electron chi connectivity index (χ3n) is 3.07. The maximum Gasteiger partial charge on any atom is 0.118 e. The van der Waals surface area contributed by atoms with Crippen molar-refractivity contribution in [2.45, 2.75) is 46.2 Å². The first-order valence-corrected chi connectivity index (χ1v) is 6.68. The lowest BCUT2D eigenvalue weighted by Gasteiger charge is -2.32. The van der Waals surface area contributed by atoms with Crippen LogP contribution < -0.4 is 0 Å². The summed E-state index contributed by atoms with van der Waals surface area (Å²) in [5.41, 5.74) is 1.10. The van der Waals surface area contributed by atoms with Crippen molar-refractivity contribution in [2.75, 3.05) is 0 Å². The lowest BCUT2D eigenvalue weighted by atomic mass is 10.1.